The van der Waals surface area contributed by atoms with Crippen LogP contribution >= 0.6 is 34.7 Å². The molecule has 0 atom stereocenters. The SMILES string of the molecule is C=CCn1c(CN(C)Cc2ccsc2)nnc1SCC(=C)Cl. The van der Waals surface area contributed by atoms with Crippen LogP contribution in [0, 0.1) is 0 Å². The fraction of sp³-hybridized carbons (Fsp3) is 0.333. The van der Waals surface area contributed by atoms with E-state index < -0.39 is 0 Å². The van der Waals surface area contributed by atoms with E-state index in [1.165, 1.54) is 5.56 Å². The van der Waals surface area contributed by atoms with Crippen molar-refractivity contribution in [1.82, 2.24) is 19.7 Å². The van der Waals surface area contributed by atoms with Crippen molar-refractivity contribution >= 4 is 34.7 Å². The first-order chi connectivity index (χ1) is 10.6. The van der Waals surface area contributed by atoms with Gasteiger partial charge in [-0.25, -0.2) is 0 Å². The van der Waals surface area contributed by atoms with Gasteiger partial charge in [0, 0.05) is 23.9 Å². The van der Waals surface area contributed by atoms with Crippen LogP contribution in [-0.4, -0.2) is 32.5 Å². The van der Waals surface area contributed by atoms with Gasteiger partial charge in [0.2, 0.25) is 0 Å². The van der Waals surface area contributed by atoms with Gasteiger partial charge in [0.05, 0.1) is 6.54 Å². The molecule has 0 fully saturated rings. The van der Waals surface area contributed by atoms with Crippen molar-refractivity contribution in [3.05, 3.63) is 52.5 Å². The van der Waals surface area contributed by atoms with Gasteiger partial charge in [0.1, 0.15) is 5.82 Å². The zero-order chi connectivity index (χ0) is 15.9. The van der Waals surface area contributed by atoms with Crippen molar-refractivity contribution in [2.45, 2.75) is 24.8 Å². The average Bonchev–Trinajstić information content (AvgIpc) is 3.08. The van der Waals surface area contributed by atoms with Crippen LogP contribution in [0.1, 0.15) is 11.4 Å². The van der Waals surface area contributed by atoms with Gasteiger partial charge < -0.3 is 4.57 Å². The largest absolute Gasteiger partial charge is 0.301 e. The minimum atomic E-state index is 0.606. The molecule has 0 spiro atoms. The first-order valence-electron chi connectivity index (χ1n) is 6.78. The lowest BCUT2D eigenvalue weighted by atomic mass is 10.3. The first kappa shape index (κ1) is 17.3. The highest BCUT2D eigenvalue weighted by atomic mass is 35.5. The van der Waals surface area contributed by atoms with Gasteiger partial charge in [-0.15, -0.1) is 16.8 Å². The van der Waals surface area contributed by atoms with Crippen molar-refractivity contribution in [2.24, 2.45) is 0 Å². The van der Waals surface area contributed by atoms with E-state index in [1.54, 1.807) is 23.1 Å². The number of nitrogens with zero attached hydrogens (tertiary/aromatic N) is 4. The average molecular weight is 355 g/mol. The minimum absolute atomic E-state index is 0.606. The van der Waals surface area contributed by atoms with Gasteiger partial charge in [-0.3, -0.25) is 4.90 Å². The molecule has 0 radical (unpaired) electrons. The number of thioether (sulfide) groups is 1. The second kappa shape index (κ2) is 8.53. The molecule has 118 valence electrons. The van der Waals surface area contributed by atoms with E-state index in [1.807, 2.05) is 6.08 Å². The second-order valence-corrected chi connectivity index (χ2v) is 7.16. The lowest BCUT2D eigenvalue weighted by Gasteiger charge is -2.16. The number of aromatic nitrogens is 3. The Balaban J connectivity index is 2.05. The molecule has 0 saturated carbocycles. The molecule has 0 aliphatic carbocycles. The summed E-state index contributed by atoms with van der Waals surface area (Å²) in [7, 11) is 2.08. The highest BCUT2D eigenvalue weighted by Crippen LogP contribution is 2.21. The Bertz CT molecular complexity index is 622. The summed E-state index contributed by atoms with van der Waals surface area (Å²) in [5, 5.41) is 14.3. The summed E-state index contributed by atoms with van der Waals surface area (Å²) in [6, 6.07) is 2.14. The van der Waals surface area contributed by atoms with E-state index in [-0.39, 0.29) is 0 Å². The van der Waals surface area contributed by atoms with Crippen LogP contribution in [0.25, 0.3) is 0 Å². The third kappa shape index (κ3) is 4.98. The summed E-state index contributed by atoms with van der Waals surface area (Å²) in [4.78, 5) is 2.22. The Labute approximate surface area is 144 Å². The van der Waals surface area contributed by atoms with Crippen LogP contribution in [0.3, 0.4) is 0 Å². The van der Waals surface area contributed by atoms with Crippen LogP contribution in [-0.2, 0) is 19.6 Å². The van der Waals surface area contributed by atoms with Crippen LogP contribution in [0.15, 0.2) is 46.2 Å². The molecule has 0 aliphatic rings. The fourth-order valence-electron chi connectivity index (χ4n) is 1.99. The second-order valence-electron chi connectivity index (χ2n) is 4.91. The van der Waals surface area contributed by atoms with Crippen LogP contribution in [0.4, 0.5) is 0 Å². The van der Waals surface area contributed by atoms with Gasteiger partial charge in [0.15, 0.2) is 5.16 Å². The molecular weight excluding hydrogens is 336 g/mol. The maximum Gasteiger partial charge on any atom is 0.191 e. The summed E-state index contributed by atoms with van der Waals surface area (Å²) in [6.07, 6.45) is 1.85. The van der Waals surface area contributed by atoms with Gasteiger partial charge in [0.25, 0.3) is 0 Å². The molecule has 7 heteroatoms. The van der Waals surface area contributed by atoms with Crippen LogP contribution in [0.2, 0.25) is 0 Å². The monoisotopic (exact) mass is 354 g/mol. The zero-order valence-electron chi connectivity index (χ0n) is 12.5. The van der Waals surface area contributed by atoms with Crippen molar-refractivity contribution in [3.8, 4) is 0 Å². The predicted molar refractivity (Wildman–Crippen MR) is 95.4 cm³/mol. The fourth-order valence-corrected chi connectivity index (χ4v) is 3.53. The molecule has 2 aromatic heterocycles. The summed E-state index contributed by atoms with van der Waals surface area (Å²) in [6.45, 7) is 9.83. The zero-order valence-corrected chi connectivity index (χ0v) is 14.9. The molecule has 2 heterocycles. The third-order valence-corrected chi connectivity index (χ3v) is 4.98. The summed E-state index contributed by atoms with van der Waals surface area (Å²) >= 11 is 9.08. The van der Waals surface area contributed by atoms with Crippen molar-refractivity contribution < 1.29 is 0 Å². The number of thiophene rings is 1. The predicted octanol–water partition coefficient (Wildman–Crippen LogP) is 4.00. The van der Waals surface area contributed by atoms with E-state index in [9.17, 15) is 0 Å². The molecule has 0 aliphatic heterocycles. The number of hydrogen-bond acceptors (Lipinski definition) is 5. The Morgan fingerprint density at radius 3 is 2.95 bits per heavy atom. The molecule has 0 aromatic carbocycles. The topological polar surface area (TPSA) is 34.0 Å². The molecule has 0 N–H and O–H groups in total. The molecular formula is C15H19ClN4S2. The van der Waals surface area contributed by atoms with Gasteiger partial charge in [-0.1, -0.05) is 36.0 Å². The number of rotatable bonds is 9. The van der Waals surface area contributed by atoms with E-state index in [0.717, 1.165) is 24.1 Å². The Morgan fingerprint density at radius 1 is 1.50 bits per heavy atom. The molecule has 4 nitrogen and oxygen atoms in total. The molecule has 22 heavy (non-hydrogen) atoms. The first-order valence-corrected chi connectivity index (χ1v) is 9.09. The van der Waals surface area contributed by atoms with E-state index in [0.29, 0.717) is 17.3 Å². The van der Waals surface area contributed by atoms with E-state index >= 15 is 0 Å². The van der Waals surface area contributed by atoms with E-state index in [4.69, 9.17) is 11.6 Å². The van der Waals surface area contributed by atoms with Crippen LogP contribution in [0.5, 0.6) is 0 Å². The Morgan fingerprint density at radius 2 is 2.32 bits per heavy atom. The molecule has 0 saturated heterocycles. The van der Waals surface area contributed by atoms with Crippen LogP contribution < -0.4 is 0 Å². The van der Waals surface area contributed by atoms with Crippen molar-refractivity contribution in [3.63, 3.8) is 0 Å². The number of allylic oxidation sites excluding steroid dienone is 1. The Hall–Kier alpha value is -1.08. The standard InChI is InChI=1S/C15H19ClN4S2/c1-4-6-20-14(17-18-15(20)22-10-12(2)16)9-19(3)8-13-5-7-21-11-13/h4-5,7,11H,1-2,6,8-10H2,3H3. The lowest BCUT2D eigenvalue weighted by molar-refractivity contribution is 0.305. The molecule has 0 bridgehead atoms. The van der Waals surface area contributed by atoms with E-state index in [2.05, 4.69) is 56.7 Å². The third-order valence-electron chi connectivity index (χ3n) is 2.91. The van der Waals surface area contributed by atoms with Gasteiger partial charge in [-0.05, 0) is 29.4 Å². The quantitative estimate of drug-likeness (QED) is 0.503. The van der Waals surface area contributed by atoms with Crippen molar-refractivity contribution in [2.75, 3.05) is 12.8 Å². The molecule has 2 aromatic rings. The summed E-state index contributed by atoms with van der Waals surface area (Å²) in [5.74, 6) is 1.56. The minimum Gasteiger partial charge on any atom is -0.301 e. The highest BCUT2D eigenvalue weighted by Gasteiger charge is 2.14. The van der Waals surface area contributed by atoms with Gasteiger partial charge >= 0.3 is 0 Å². The van der Waals surface area contributed by atoms with Crippen molar-refractivity contribution in [1.29, 1.82) is 0 Å². The molecule has 2 rings (SSSR count). The summed E-state index contributed by atoms with van der Waals surface area (Å²) in [5.41, 5.74) is 1.32. The smallest absolute Gasteiger partial charge is 0.191 e. The summed E-state index contributed by atoms with van der Waals surface area (Å²) < 4.78 is 2.07. The van der Waals surface area contributed by atoms with Gasteiger partial charge in [-0.2, -0.15) is 11.3 Å². The maximum atomic E-state index is 5.83. The maximum absolute atomic E-state index is 5.83. The lowest BCUT2D eigenvalue weighted by Crippen LogP contribution is -2.20. The number of halogens is 1. The number of hydrogen-bond donors (Lipinski definition) is 0. The Kier molecular flexibility index (Phi) is 6.70. The molecule has 0 amide bonds. The normalized spacial score (nSPS) is 11.0. The molecule has 0 unspecified atom stereocenters. The highest BCUT2D eigenvalue weighted by molar-refractivity contribution is 7.99.